The second kappa shape index (κ2) is 8.22. The van der Waals surface area contributed by atoms with Crippen LogP contribution in [0.4, 0.5) is 13.2 Å². The highest BCUT2D eigenvalue weighted by Gasteiger charge is 2.58. The van der Waals surface area contributed by atoms with Gasteiger partial charge in [-0.05, 0) is 38.1 Å². The van der Waals surface area contributed by atoms with E-state index in [0.717, 1.165) is 0 Å². The van der Waals surface area contributed by atoms with Gasteiger partial charge in [0.1, 0.15) is 23.7 Å². The van der Waals surface area contributed by atoms with Crippen molar-refractivity contribution in [2.45, 2.75) is 38.6 Å². The molecule has 3 rings (SSSR count). The first-order chi connectivity index (χ1) is 14.1. The summed E-state index contributed by atoms with van der Waals surface area (Å²) in [5.41, 5.74) is 0.142. The van der Waals surface area contributed by atoms with E-state index < -0.39 is 24.2 Å². The molecule has 3 atom stereocenters. The van der Waals surface area contributed by atoms with Crippen LogP contribution >= 0.6 is 0 Å². The van der Waals surface area contributed by atoms with E-state index in [2.05, 4.69) is 21.1 Å². The van der Waals surface area contributed by atoms with E-state index in [9.17, 15) is 18.0 Å². The van der Waals surface area contributed by atoms with E-state index >= 15 is 0 Å². The molecule has 2 aromatic rings. The molecule has 0 saturated heterocycles. The van der Waals surface area contributed by atoms with E-state index in [0.29, 0.717) is 23.4 Å². The fourth-order valence-electron chi connectivity index (χ4n) is 2.89. The largest absolute Gasteiger partial charge is 0.488 e. The van der Waals surface area contributed by atoms with Gasteiger partial charge in [-0.15, -0.1) is 0 Å². The molecular formula is C21H20F3N3O3. The van der Waals surface area contributed by atoms with Crippen molar-refractivity contribution < 1.29 is 27.4 Å². The average Bonchev–Trinajstić information content (AvgIpc) is 3.37. The molecule has 9 heteroatoms. The number of pyridine rings is 1. The third-order valence-electron chi connectivity index (χ3n) is 4.91. The maximum Gasteiger partial charge on any atom is 0.422 e. The molecule has 0 aliphatic heterocycles. The maximum absolute atomic E-state index is 12.7. The Hall–Kier alpha value is -3.28. The number of benzene rings is 1. The van der Waals surface area contributed by atoms with E-state index in [1.54, 1.807) is 38.1 Å². The lowest BCUT2D eigenvalue weighted by Crippen LogP contribution is -2.35. The summed E-state index contributed by atoms with van der Waals surface area (Å²) in [6.45, 7) is 2.11. The minimum absolute atomic E-state index is 0.00613. The number of hydrogen-bond acceptors (Lipinski definition) is 5. The van der Waals surface area contributed by atoms with Crippen molar-refractivity contribution in [3.8, 4) is 17.6 Å². The fraction of sp³-hybridized carbons (Fsp3) is 0.381. The number of aromatic nitrogens is 1. The minimum atomic E-state index is -4.42. The zero-order valence-corrected chi connectivity index (χ0v) is 16.4. The van der Waals surface area contributed by atoms with Gasteiger partial charge in [0.05, 0.1) is 28.9 Å². The SMILES string of the molecule is C[C@@H](NC(=O)[C@]1(C)C[C@H]1Oc1ccccc1C#N)c1ccc(OCC(F)(F)F)cn1. The van der Waals surface area contributed by atoms with Gasteiger partial charge in [0, 0.05) is 6.42 Å². The first-order valence-corrected chi connectivity index (χ1v) is 9.24. The summed E-state index contributed by atoms with van der Waals surface area (Å²) in [5, 5.41) is 12.0. The zero-order valence-electron chi connectivity index (χ0n) is 16.4. The summed E-state index contributed by atoms with van der Waals surface area (Å²) in [7, 11) is 0. The van der Waals surface area contributed by atoms with Crippen molar-refractivity contribution >= 4 is 5.91 Å². The molecule has 0 bridgehead atoms. The molecule has 1 saturated carbocycles. The number of para-hydroxylation sites is 1. The Kier molecular flexibility index (Phi) is 5.87. The van der Waals surface area contributed by atoms with Crippen molar-refractivity contribution in [1.29, 1.82) is 5.26 Å². The molecule has 6 nitrogen and oxygen atoms in total. The number of amides is 1. The molecule has 1 amide bonds. The van der Waals surface area contributed by atoms with E-state index in [4.69, 9.17) is 10.00 Å². The Balaban J connectivity index is 1.56. The summed E-state index contributed by atoms with van der Waals surface area (Å²) in [5.74, 6) is 0.202. The Morgan fingerprint density at radius 2 is 2.10 bits per heavy atom. The van der Waals surface area contributed by atoms with E-state index in [-0.39, 0.29) is 17.8 Å². The number of nitrogens with one attached hydrogen (secondary N) is 1. The number of ether oxygens (including phenoxy) is 2. The summed E-state index contributed by atoms with van der Waals surface area (Å²) in [4.78, 5) is 16.8. The van der Waals surface area contributed by atoms with Gasteiger partial charge in [0.2, 0.25) is 5.91 Å². The van der Waals surface area contributed by atoms with Gasteiger partial charge in [0.25, 0.3) is 0 Å². The van der Waals surface area contributed by atoms with Crippen LogP contribution in [0.15, 0.2) is 42.6 Å². The lowest BCUT2D eigenvalue weighted by Gasteiger charge is -2.18. The Bertz CT molecular complexity index is 956. The first-order valence-electron chi connectivity index (χ1n) is 9.24. The molecule has 158 valence electrons. The van der Waals surface area contributed by atoms with Crippen LogP contribution in [0.1, 0.15) is 37.6 Å². The normalized spacial score (nSPS) is 21.3. The number of rotatable bonds is 7. The van der Waals surface area contributed by atoms with Crippen LogP contribution in [-0.2, 0) is 4.79 Å². The van der Waals surface area contributed by atoms with Gasteiger partial charge in [-0.1, -0.05) is 12.1 Å². The molecule has 30 heavy (non-hydrogen) atoms. The van der Waals surface area contributed by atoms with Gasteiger partial charge in [-0.2, -0.15) is 18.4 Å². The Morgan fingerprint density at radius 3 is 2.73 bits per heavy atom. The van der Waals surface area contributed by atoms with Crippen molar-refractivity contribution in [3.05, 3.63) is 53.9 Å². The van der Waals surface area contributed by atoms with Crippen molar-refractivity contribution in [3.63, 3.8) is 0 Å². The minimum Gasteiger partial charge on any atom is -0.488 e. The molecule has 1 aliphatic carbocycles. The quantitative estimate of drug-likeness (QED) is 0.735. The van der Waals surface area contributed by atoms with Crippen LogP contribution in [0.5, 0.6) is 11.5 Å². The number of hydrogen-bond donors (Lipinski definition) is 1. The zero-order chi connectivity index (χ0) is 21.9. The molecule has 1 N–H and O–H groups in total. The lowest BCUT2D eigenvalue weighted by molar-refractivity contribution is -0.153. The third-order valence-corrected chi connectivity index (χ3v) is 4.91. The highest BCUT2D eigenvalue weighted by atomic mass is 19.4. The predicted molar refractivity (Wildman–Crippen MR) is 101 cm³/mol. The molecule has 0 unspecified atom stereocenters. The van der Waals surface area contributed by atoms with Crippen molar-refractivity contribution in [1.82, 2.24) is 10.3 Å². The monoisotopic (exact) mass is 419 g/mol. The summed E-state index contributed by atoms with van der Waals surface area (Å²) < 4.78 is 47.1. The topological polar surface area (TPSA) is 84.2 Å². The molecule has 0 spiro atoms. The highest BCUT2D eigenvalue weighted by Crippen LogP contribution is 2.49. The molecule has 1 heterocycles. The van der Waals surface area contributed by atoms with Gasteiger partial charge in [-0.3, -0.25) is 9.78 Å². The molecule has 0 radical (unpaired) electrons. The van der Waals surface area contributed by atoms with Crippen LogP contribution < -0.4 is 14.8 Å². The highest BCUT2D eigenvalue weighted by molar-refractivity contribution is 5.86. The molecular weight excluding hydrogens is 399 g/mol. The molecule has 1 aromatic carbocycles. The van der Waals surface area contributed by atoms with Crippen LogP contribution in [0, 0.1) is 16.7 Å². The van der Waals surface area contributed by atoms with Crippen LogP contribution in [0.25, 0.3) is 0 Å². The molecule has 1 aliphatic rings. The number of carbonyl (C=O) groups is 1. The number of nitriles is 1. The average molecular weight is 419 g/mol. The second-order valence-corrected chi connectivity index (χ2v) is 7.35. The summed E-state index contributed by atoms with van der Waals surface area (Å²) in [6.07, 6.45) is -3.09. The van der Waals surface area contributed by atoms with Gasteiger partial charge >= 0.3 is 6.18 Å². The standard InChI is InChI=1S/C21H20F3N3O3/c1-13(16-8-7-15(11-26-16)29-12-21(22,23)24)27-19(28)20(2)9-18(20)30-17-6-4-3-5-14(17)10-25/h3-8,11,13,18H,9,12H2,1-2H3,(H,27,28)/t13-,18-,20-/m1/s1. The van der Waals surface area contributed by atoms with E-state index in [1.807, 2.05) is 0 Å². The number of halogens is 3. The van der Waals surface area contributed by atoms with Crippen molar-refractivity contribution in [2.75, 3.05) is 6.61 Å². The lowest BCUT2D eigenvalue weighted by atomic mass is 10.1. The van der Waals surface area contributed by atoms with Crippen molar-refractivity contribution in [2.24, 2.45) is 5.41 Å². The maximum atomic E-state index is 12.7. The summed E-state index contributed by atoms with van der Waals surface area (Å²) >= 11 is 0. The predicted octanol–water partition coefficient (Wildman–Crippen LogP) is 3.93. The fourth-order valence-corrected chi connectivity index (χ4v) is 2.89. The van der Waals surface area contributed by atoms with Crippen LogP contribution in [0.3, 0.4) is 0 Å². The Morgan fingerprint density at radius 1 is 1.37 bits per heavy atom. The van der Waals surface area contributed by atoms with Gasteiger partial charge in [-0.25, -0.2) is 0 Å². The Labute approximate surface area is 171 Å². The second-order valence-electron chi connectivity index (χ2n) is 7.35. The smallest absolute Gasteiger partial charge is 0.422 e. The van der Waals surface area contributed by atoms with E-state index in [1.165, 1.54) is 18.3 Å². The molecule has 1 fully saturated rings. The third kappa shape index (κ3) is 5.00. The first kappa shape index (κ1) is 21.4. The van der Waals surface area contributed by atoms with Gasteiger partial charge < -0.3 is 14.8 Å². The number of carbonyl (C=O) groups excluding carboxylic acids is 1. The van der Waals surface area contributed by atoms with Crippen LogP contribution in [-0.4, -0.2) is 29.8 Å². The van der Waals surface area contributed by atoms with Crippen LogP contribution in [0.2, 0.25) is 0 Å². The summed E-state index contributed by atoms with van der Waals surface area (Å²) in [6, 6.07) is 11.3. The number of alkyl halides is 3. The molecule has 1 aromatic heterocycles. The van der Waals surface area contributed by atoms with Gasteiger partial charge in [0.15, 0.2) is 6.61 Å². The number of nitrogens with zero attached hydrogens (tertiary/aromatic N) is 2.